The van der Waals surface area contributed by atoms with Crippen LogP contribution in [-0.4, -0.2) is 23.0 Å². The van der Waals surface area contributed by atoms with E-state index in [-0.39, 0.29) is 35.5 Å². The lowest BCUT2D eigenvalue weighted by molar-refractivity contribution is -0.140. The fraction of sp³-hybridized carbons (Fsp3) is 0.292. The Hall–Kier alpha value is -2.44. The number of benzene rings is 2. The summed E-state index contributed by atoms with van der Waals surface area (Å²) in [7, 11) is 0. The lowest BCUT2D eigenvalue weighted by atomic mass is 9.85. The van der Waals surface area contributed by atoms with Gasteiger partial charge in [-0.1, -0.05) is 53.6 Å². The van der Waals surface area contributed by atoms with Crippen molar-refractivity contribution in [2.45, 2.75) is 20.0 Å². The first-order chi connectivity index (χ1) is 14.9. The van der Waals surface area contributed by atoms with E-state index in [0.717, 1.165) is 22.6 Å². The number of fused-ring (bicyclic) bond motifs is 5. The van der Waals surface area contributed by atoms with Gasteiger partial charge in [-0.2, -0.15) is 10.1 Å². The summed E-state index contributed by atoms with van der Waals surface area (Å²) in [5.74, 6) is -0.0523. The maximum atomic E-state index is 12.7. The second-order valence-corrected chi connectivity index (χ2v) is 9.59. The highest BCUT2D eigenvalue weighted by Crippen LogP contribution is 2.52. The van der Waals surface area contributed by atoms with Gasteiger partial charge in [-0.3, -0.25) is 9.59 Å². The van der Waals surface area contributed by atoms with Gasteiger partial charge in [0.1, 0.15) is 6.61 Å². The molecule has 2 aliphatic carbocycles. The molecule has 2 aromatic rings. The number of allylic oxidation sites excluding steroid dienone is 2. The van der Waals surface area contributed by atoms with E-state index in [9.17, 15) is 9.59 Å². The predicted octanol–water partition coefficient (Wildman–Crippen LogP) is 5.13. The third-order valence-electron chi connectivity index (χ3n) is 6.26. The molecule has 3 aliphatic rings. The smallest absolute Gasteiger partial charge is 0.254 e. The lowest BCUT2D eigenvalue weighted by Gasteiger charge is -2.13. The van der Waals surface area contributed by atoms with E-state index in [4.69, 9.17) is 16.3 Å². The molecule has 5 rings (SSSR count). The molecule has 5 nitrogen and oxygen atoms in total. The normalized spacial score (nSPS) is 26.4. The fourth-order valence-electron chi connectivity index (χ4n) is 4.87. The monoisotopic (exact) mass is 498 g/mol. The summed E-state index contributed by atoms with van der Waals surface area (Å²) >= 11 is 9.94. The standard InChI is InChI=1S/C24H20BrClN2O3/c1-13-3-2-4-14(7-13)12-31-22-18(25)8-15(9-19(22)26)11-27-28-23(29)20-16-5-6-17(10-16)21(20)24(28)30/h2-9,11,16-17,20-21H,10,12H2,1H3/t16-,17-,20-,21+/m0/s1. The van der Waals surface area contributed by atoms with Crippen LogP contribution in [0.15, 0.2) is 58.1 Å². The van der Waals surface area contributed by atoms with Gasteiger partial charge in [0.25, 0.3) is 11.8 Å². The van der Waals surface area contributed by atoms with Crippen LogP contribution in [0.25, 0.3) is 0 Å². The summed E-state index contributed by atoms with van der Waals surface area (Å²) in [6.45, 7) is 2.42. The van der Waals surface area contributed by atoms with Crippen molar-refractivity contribution in [3.63, 3.8) is 0 Å². The predicted molar refractivity (Wildman–Crippen MR) is 122 cm³/mol. The van der Waals surface area contributed by atoms with Crippen LogP contribution in [0.2, 0.25) is 5.02 Å². The number of hydrogen-bond donors (Lipinski definition) is 0. The number of ether oxygens (including phenoxy) is 1. The van der Waals surface area contributed by atoms with Gasteiger partial charge >= 0.3 is 0 Å². The molecule has 0 aromatic heterocycles. The minimum Gasteiger partial charge on any atom is -0.486 e. The van der Waals surface area contributed by atoms with Crippen molar-refractivity contribution in [1.29, 1.82) is 0 Å². The molecule has 158 valence electrons. The second-order valence-electron chi connectivity index (χ2n) is 8.32. The molecule has 1 aliphatic heterocycles. The molecule has 7 heteroatoms. The Balaban J connectivity index is 1.31. The average molecular weight is 500 g/mol. The maximum Gasteiger partial charge on any atom is 0.254 e. The van der Waals surface area contributed by atoms with Crippen LogP contribution in [0, 0.1) is 30.6 Å². The fourth-order valence-corrected chi connectivity index (χ4v) is 5.86. The molecule has 1 saturated carbocycles. The van der Waals surface area contributed by atoms with Crippen LogP contribution in [0.1, 0.15) is 23.1 Å². The highest BCUT2D eigenvalue weighted by Gasteiger charge is 2.59. The summed E-state index contributed by atoms with van der Waals surface area (Å²) in [4.78, 5) is 25.5. The summed E-state index contributed by atoms with van der Waals surface area (Å²) in [6.07, 6.45) is 6.53. The first-order valence-corrected chi connectivity index (χ1v) is 11.4. The maximum absolute atomic E-state index is 12.7. The van der Waals surface area contributed by atoms with Gasteiger partial charge in [-0.05, 0) is 64.4 Å². The van der Waals surface area contributed by atoms with Gasteiger partial charge < -0.3 is 4.74 Å². The van der Waals surface area contributed by atoms with Crippen LogP contribution in [0.3, 0.4) is 0 Å². The average Bonchev–Trinajstić information content (AvgIpc) is 3.40. The summed E-state index contributed by atoms with van der Waals surface area (Å²) in [6, 6.07) is 11.6. The summed E-state index contributed by atoms with van der Waals surface area (Å²) in [5, 5.41) is 5.66. The topological polar surface area (TPSA) is 59.0 Å². The highest BCUT2D eigenvalue weighted by atomic mass is 79.9. The zero-order valence-corrected chi connectivity index (χ0v) is 19.1. The molecule has 2 fully saturated rings. The highest BCUT2D eigenvalue weighted by molar-refractivity contribution is 9.10. The number of rotatable bonds is 5. The van der Waals surface area contributed by atoms with E-state index in [2.05, 4.69) is 39.2 Å². The number of carbonyl (C=O) groups excluding carboxylic acids is 2. The van der Waals surface area contributed by atoms with Crippen molar-refractivity contribution in [2.75, 3.05) is 0 Å². The molecule has 0 unspecified atom stereocenters. The Morgan fingerprint density at radius 1 is 1.16 bits per heavy atom. The molecule has 1 heterocycles. The number of halogens is 2. The van der Waals surface area contributed by atoms with Gasteiger partial charge in [0.2, 0.25) is 0 Å². The first kappa shape index (κ1) is 20.5. The molecular weight excluding hydrogens is 480 g/mol. The van der Waals surface area contributed by atoms with Crippen LogP contribution in [-0.2, 0) is 16.2 Å². The molecule has 31 heavy (non-hydrogen) atoms. The zero-order valence-electron chi connectivity index (χ0n) is 16.8. The summed E-state index contributed by atoms with van der Waals surface area (Å²) < 4.78 is 6.58. The summed E-state index contributed by atoms with van der Waals surface area (Å²) in [5.41, 5.74) is 2.88. The van der Waals surface area contributed by atoms with E-state index >= 15 is 0 Å². The molecule has 1 saturated heterocycles. The Labute approximate surface area is 193 Å². The molecule has 2 amide bonds. The number of aryl methyl sites for hydroxylation is 1. The van der Waals surface area contributed by atoms with Gasteiger partial charge in [-0.15, -0.1) is 0 Å². The Morgan fingerprint density at radius 3 is 2.52 bits per heavy atom. The van der Waals surface area contributed by atoms with Crippen molar-refractivity contribution in [1.82, 2.24) is 5.01 Å². The Bertz CT molecular complexity index is 1090. The first-order valence-electron chi connectivity index (χ1n) is 10.2. The van der Waals surface area contributed by atoms with E-state index < -0.39 is 0 Å². The van der Waals surface area contributed by atoms with Crippen LogP contribution in [0.5, 0.6) is 5.75 Å². The number of nitrogens with zero attached hydrogens (tertiary/aromatic N) is 2. The Morgan fingerprint density at radius 2 is 1.87 bits per heavy atom. The van der Waals surface area contributed by atoms with Gasteiger partial charge in [0.15, 0.2) is 5.75 Å². The largest absolute Gasteiger partial charge is 0.486 e. The van der Waals surface area contributed by atoms with E-state index in [1.165, 1.54) is 6.21 Å². The minimum absolute atomic E-state index is 0.167. The van der Waals surface area contributed by atoms with E-state index in [1.807, 2.05) is 25.1 Å². The molecule has 2 aromatic carbocycles. The zero-order chi connectivity index (χ0) is 21.7. The quantitative estimate of drug-likeness (QED) is 0.325. The van der Waals surface area contributed by atoms with Crippen molar-refractivity contribution in [2.24, 2.45) is 28.8 Å². The second kappa shape index (κ2) is 7.92. The van der Waals surface area contributed by atoms with Crippen LogP contribution >= 0.6 is 27.5 Å². The number of imide groups is 1. The lowest BCUT2D eigenvalue weighted by Crippen LogP contribution is -2.28. The number of amides is 2. The van der Waals surface area contributed by atoms with Crippen molar-refractivity contribution >= 4 is 45.6 Å². The third kappa shape index (κ3) is 3.62. The van der Waals surface area contributed by atoms with Crippen LogP contribution < -0.4 is 4.74 Å². The minimum atomic E-state index is -0.257. The molecule has 2 bridgehead atoms. The molecule has 4 atom stereocenters. The van der Waals surface area contributed by atoms with Crippen molar-refractivity contribution in [3.8, 4) is 5.75 Å². The van der Waals surface area contributed by atoms with Crippen molar-refractivity contribution < 1.29 is 14.3 Å². The molecule has 0 spiro atoms. The van der Waals surface area contributed by atoms with Crippen molar-refractivity contribution in [3.05, 3.63) is 74.7 Å². The SMILES string of the molecule is Cc1cccc(COc2c(Cl)cc(C=NN3C(=O)[C@@H]4[C@H](C3=O)[C@H]3C=C[C@H]4C3)cc2Br)c1. The van der Waals surface area contributed by atoms with Crippen LogP contribution in [0.4, 0.5) is 0 Å². The molecule has 0 radical (unpaired) electrons. The van der Waals surface area contributed by atoms with Gasteiger partial charge in [-0.25, -0.2) is 0 Å². The number of hydrazone groups is 1. The number of carbonyl (C=O) groups is 2. The molecular formula is C24H20BrClN2O3. The van der Waals surface area contributed by atoms with Gasteiger partial charge in [0.05, 0.1) is 27.5 Å². The Kier molecular flexibility index (Phi) is 5.22. The number of hydrogen-bond acceptors (Lipinski definition) is 4. The van der Waals surface area contributed by atoms with E-state index in [1.54, 1.807) is 12.1 Å². The van der Waals surface area contributed by atoms with Gasteiger partial charge in [0, 0.05) is 0 Å². The molecule has 0 N–H and O–H groups in total. The third-order valence-corrected chi connectivity index (χ3v) is 7.13. The van der Waals surface area contributed by atoms with E-state index in [0.29, 0.717) is 27.4 Å².